The van der Waals surface area contributed by atoms with E-state index in [2.05, 4.69) is 24.3 Å². The van der Waals surface area contributed by atoms with Gasteiger partial charge in [0.05, 0.1) is 13.0 Å². The maximum atomic E-state index is 14.0. The molecule has 210 valence electrons. The molecule has 9 heteroatoms. The number of carbonyl (C=O) groups excluding carboxylic acids is 2. The standard InChI is InChI=1S/C30H37FN2O5S/c1-5-7-10-22(6-2)19-36-27(34)17-18-39-24-15-13-23(14-16-24)29-28(20(3)33-38-29)32-30(35)37-21(4)25-11-8-9-12-26(25)31/h8-9,11-16,21-22H,5-7,10,17-19H2,1-4H3,(H,32,35)/t21-,22?/m1/s1. The number of nitrogens with one attached hydrogen (secondary N) is 1. The van der Waals surface area contributed by atoms with Gasteiger partial charge in [-0.3, -0.25) is 10.1 Å². The Hall–Kier alpha value is -3.33. The molecule has 0 bridgehead atoms. The van der Waals surface area contributed by atoms with Crippen molar-refractivity contribution in [1.82, 2.24) is 5.16 Å². The smallest absolute Gasteiger partial charge is 0.412 e. The topological polar surface area (TPSA) is 90.7 Å². The highest BCUT2D eigenvalue weighted by Crippen LogP contribution is 2.33. The highest BCUT2D eigenvalue weighted by Gasteiger charge is 2.21. The zero-order valence-corrected chi connectivity index (χ0v) is 23.8. The molecule has 0 aliphatic heterocycles. The van der Waals surface area contributed by atoms with Crippen molar-refractivity contribution >= 4 is 29.5 Å². The van der Waals surface area contributed by atoms with Crippen molar-refractivity contribution in [2.75, 3.05) is 17.7 Å². The molecule has 2 atom stereocenters. The lowest BCUT2D eigenvalue weighted by Crippen LogP contribution is -2.17. The number of unbranched alkanes of at least 4 members (excludes halogenated alkanes) is 1. The van der Waals surface area contributed by atoms with Crippen LogP contribution in [0.15, 0.2) is 57.9 Å². The van der Waals surface area contributed by atoms with Crippen LogP contribution in [0.2, 0.25) is 0 Å². The minimum atomic E-state index is -0.780. The van der Waals surface area contributed by atoms with Gasteiger partial charge in [0.25, 0.3) is 0 Å². The monoisotopic (exact) mass is 556 g/mol. The lowest BCUT2D eigenvalue weighted by atomic mass is 10.0. The Bertz CT molecular complexity index is 1210. The van der Waals surface area contributed by atoms with Gasteiger partial charge in [0.2, 0.25) is 0 Å². The number of ether oxygens (including phenoxy) is 2. The van der Waals surface area contributed by atoms with Crippen LogP contribution in [0.25, 0.3) is 11.3 Å². The van der Waals surface area contributed by atoms with Crippen LogP contribution < -0.4 is 5.32 Å². The zero-order chi connectivity index (χ0) is 28.2. The number of aromatic nitrogens is 1. The highest BCUT2D eigenvalue weighted by atomic mass is 32.2. The number of benzene rings is 2. The van der Waals surface area contributed by atoms with Gasteiger partial charge in [-0.05, 0) is 56.5 Å². The van der Waals surface area contributed by atoms with Crippen molar-refractivity contribution in [2.45, 2.75) is 70.8 Å². The summed E-state index contributed by atoms with van der Waals surface area (Å²) in [5.74, 6) is 0.826. The van der Waals surface area contributed by atoms with E-state index >= 15 is 0 Å². The number of aryl methyl sites for hydroxylation is 1. The van der Waals surface area contributed by atoms with Crippen molar-refractivity contribution in [3.8, 4) is 11.3 Å². The molecule has 3 aromatic rings. The molecule has 0 saturated heterocycles. The normalized spacial score (nSPS) is 12.5. The quantitative estimate of drug-likeness (QED) is 0.158. The van der Waals surface area contributed by atoms with Gasteiger partial charge in [0, 0.05) is 21.8 Å². The number of hydrogen-bond donors (Lipinski definition) is 1. The van der Waals surface area contributed by atoms with E-state index in [1.807, 2.05) is 24.3 Å². The van der Waals surface area contributed by atoms with Crippen LogP contribution in [-0.4, -0.2) is 29.6 Å². The van der Waals surface area contributed by atoms with E-state index in [1.165, 1.54) is 6.07 Å². The first-order valence-corrected chi connectivity index (χ1v) is 14.4. The number of hydrogen-bond acceptors (Lipinski definition) is 7. The van der Waals surface area contributed by atoms with E-state index in [4.69, 9.17) is 14.0 Å². The van der Waals surface area contributed by atoms with Crippen LogP contribution in [0.1, 0.15) is 70.2 Å². The summed E-state index contributed by atoms with van der Waals surface area (Å²) in [6.07, 6.45) is 3.24. The highest BCUT2D eigenvalue weighted by molar-refractivity contribution is 7.99. The third-order valence-corrected chi connectivity index (χ3v) is 7.45. The number of amides is 1. The van der Waals surface area contributed by atoms with E-state index in [0.29, 0.717) is 41.8 Å². The first kappa shape index (κ1) is 30.2. The second-order valence-corrected chi connectivity index (χ2v) is 10.6. The average Bonchev–Trinajstić information content (AvgIpc) is 3.28. The third-order valence-electron chi connectivity index (χ3n) is 6.43. The van der Waals surface area contributed by atoms with E-state index in [9.17, 15) is 14.0 Å². The zero-order valence-electron chi connectivity index (χ0n) is 23.0. The number of thioether (sulfide) groups is 1. The number of rotatable bonds is 14. The van der Waals surface area contributed by atoms with E-state index in [-0.39, 0.29) is 11.5 Å². The Morgan fingerprint density at radius 2 is 1.87 bits per heavy atom. The van der Waals surface area contributed by atoms with Gasteiger partial charge in [0.1, 0.15) is 23.3 Å². The predicted octanol–water partition coefficient (Wildman–Crippen LogP) is 8.34. The summed E-state index contributed by atoms with van der Waals surface area (Å²) in [4.78, 5) is 25.7. The Kier molecular flexibility index (Phi) is 11.9. The Labute approximate surface area is 233 Å². The molecule has 0 aliphatic rings. The molecule has 1 N–H and O–H groups in total. The molecule has 0 fully saturated rings. The van der Waals surface area contributed by atoms with Crippen LogP contribution in [0, 0.1) is 18.7 Å². The number of halogens is 1. The summed E-state index contributed by atoms with van der Waals surface area (Å²) in [6.45, 7) is 8.10. The van der Waals surface area contributed by atoms with Crippen LogP contribution in [0.4, 0.5) is 14.9 Å². The van der Waals surface area contributed by atoms with Crippen molar-refractivity contribution in [3.63, 3.8) is 0 Å². The lowest BCUT2D eigenvalue weighted by Gasteiger charge is -2.15. The summed E-state index contributed by atoms with van der Waals surface area (Å²) in [5, 5.41) is 6.66. The van der Waals surface area contributed by atoms with Gasteiger partial charge in [-0.25, -0.2) is 9.18 Å². The van der Waals surface area contributed by atoms with E-state index in [1.54, 1.807) is 43.8 Å². The van der Waals surface area contributed by atoms with E-state index in [0.717, 1.165) is 36.1 Å². The first-order valence-electron chi connectivity index (χ1n) is 13.4. The van der Waals surface area contributed by atoms with Crippen molar-refractivity contribution in [2.24, 2.45) is 5.92 Å². The molecular weight excluding hydrogens is 519 g/mol. The van der Waals surface area contributed by atoms with Crippen LogP contribution in [0.3, 0.4) is 0 Å². The number of esters is 1. The van der Waals surface area contributed by atoms with Gasteiger partial charge < -0.3 is 14.0 Å². The van der Waals surface area contributed by atoms with Crippen LogP contribution in [0.5, 0.6) is 0 Å². The summed E-state index contributed by atoms with van der Waals surface area (Å²) in [7, 11) is 0. The predicted molar refractivity (Wildman–Crippen MR) is 151 cm³/mol. The average molecular weight is 557 g/mol. The summed E-state index contributed by atoms with van der Waals surface area (Å²) in [5.41, 5.74) is 1.87. The lowest BCUT2D eigenvalue weighted by molar-refractivity contribution is -0.144. The summed E-state index contributed by atoms with van der Waals surface area (Å²) in [6, 6.07) is 13.7. The van der Waals surface area contributed by atoms with Crippen molar-refractivity contribution < 1.29 is 28.0 Å². The molecule has 39 heavy (non-hydrogen) atoms. The fourth-order valence-corrected chi connectivity index (χ4v) is 4.84. The number of carbonyl (C=O) groups is 2. The maximum absolute atomic E-state index is 14.0. The van der Waals surface area contributed by atoms with Gasteiger partial charge in [0.15, 0.2) is 5.76 Å². The van der Waals surface area contributed by atoms with Crippen LogP contribution in [-0.2, 0) is 14.3 Å². The first-order chi connectivity index (χ1) is 18.8. The van der Waals surface area contributed by atoms with Crippen molar-refractivity contribution in [1.29, 1.82) is 0 Å². The second kappa shape index (κ2) is 15.3. The number of nitrogens with zero attached hydrogens (tertiary/aromatic N) is 1. The van der Waals surface area contributed by atoms with Gasteiger partial charge >= 0.3 is 12.1 Å². The van der Waals surface area contributed by atoms with Crippen molar-refractivity contribution in [3.05, 3.63) is 65.6 Å². The van der Waals surface area contributed by atoms with Gasteiger partial charge in [-0.1, -0.05) is 56.5 Å². The minimum Gasteiger partial charge on any atom is -0.465 e. The summed E-state index contributed by atoms with van der Waals surface area (Å²) >= 11 is 1.57. The summed E-state index contributed by atoms with van der Waals surface area (Å²) < 4.78 is 30.3. The molecule has 1 amide bonds. The SMILES string of the molecule is CCCCC(CC)COC(=O)CCSc1ccc(-c2onc(C)c2NC(=O)O[C@H](C)c2ccccc2F)cc1. The van der Waals surface area contributed by atoms with E-state index < -0.39 is 18.0 Å². The fraction of sp³-hybridized carbons (Fsp3) is 0.433. The molecule has 1 aromatic heterocycles. The molecule has 2 aromatic carbocycles. The Morgan fingerprint density at radius 3 is 2.56 bits per heavy atom. The molecule has 3 rings (SSSR count). The fourth-order valence-electron chi connectivity index (χ4n) is 4.01. The Balaban J connectivity index is 1.51. The third kappa shape index (κ3) is 9.13. The maximum Gasteiger partial charge on any atom is 0.412 e. The molecular formula is C30H37FN2O5S. The molecule has 1 heterocycles. The largest absolute Gasteiger partial charge is 0.465 e. The van der Waals surface area contributed by atoms with Gasteiger partial charge in [-0.15, -0.1) is 11.8 Å². The second-order valence-electron chi connectivity index (χ2n) is 9.39. The molecule has 7 nitrogen and oxygen atoms in total. The molecule has 0 radical (unpaired) electrons. The Morgan fingerprint density at radius 1 is 1.13 bits per heavy atom. The molecule has 0 saturated carbocycles. The van der Waals surface area contributed by atoms with Gasteiger partial charge in [-0.2, -0.15) is 0 Å². The minimum absolute atomic E-state index is 0.168. The molecule has 0 spiro atoms. The molecule has 0 aliphatic carbocycles. The molecule has 1 unspecified atom stereocenters. The number of anilines is 1. The van der Waals surface area contributed by atoms with Crippen LogP contribution >= 0.6 is 11.8 Å².